The van der Waals surface area contributed by atoms with Crippen LogP contribution in [0.4, 0.5) is 0 Å². The van der Waals surface area contributed by atoms with Crippen molar-refractivity contribution in [3.63, 3.8) is 0 Å². The lowest BCUT2D eigenvalue weighted by atomic mass is 9.98. The molecule has 1 heterocycles. The lowest BCUT2D eigenvalue weighted by Crippen LogP contribution is -2.43. The maximum Gasteiger partial charge on any atom is 0.146 e. The Labute approximate surface area is 118 Å². The minimum atomic E-state index is 0.0359. The Morgan fingerprint density at radius 2 is 2.17 bits per heavy atom. The van der Waals surface area contributed by atoms with Gasteiger partial charge in [-0.25, -0.2) is 0 Å². The molecule has 0 aliphatic carbocycles. The molecule has 0 spiro atoms. The second kappa shape index (κ2) is 6.05. The molecule has 0 bridgehead atoms. The Kier molecular flexibility index (Phi) is 4.66. The molecule has 1 unspecified atom stereocenters. The average molecular weight is 286 g/mol. The summed E-state index contributed by atoms with van der Waals surface area (Å²) in [5.41, 5.74) is 0.998. The molecule has 18 heavy (non-hydrogen) atoms. The van der Waals surface area contributed by atoms with E-state index in [-0.39, 0.29) is 11.8 Å². The second-order valence-corrected chi connectivity index (χ2v) is 5.59. The van der Waals surface area contributed by atoms with Crippen LogP contribution in [0.5, 0.6) is 0 Å². The number of nitrogens with zero attached hydrogens (tertiary/aromatic N) is 1. The van der Waals surface area contributed by atoms with E-state index in [1.54, 1.807) is 13.0 Å². The molecule has 2 nitrogen and oxygen atoms in total. The molecule has 1 aromatic carbocycles. The van der Waals surface area contributed by atoms with Gasteiger partial charge in [-0.1, -0.05) is 41.8 Å². The number of likely N-dealkylation sites (tertiary alicyclic amines) is 1. The summed E-state index contributed by atoms with van der Waals surface area (Å²) in [4.78, 5) is 13.9. The number of carbonyl (C=O) groups excluding carboxylic acids is 1. The summed E-state index contributed by atoms with van der Waals surface area (Å²) in [7, 11) is 0. The number of halogens is 2. The van der Waals surface area contributed by atoms with Crippen LogP contribution in [0.1, 0.15) is 31.7 Å². The molecule has 98 valence electrons. The Morgan fingerprint density at radius 3 is 2.89 bits per heavy atom. The number of hydrogen-bond acceptors (Lipinski definition) is 2. The fourth-order valence-corrected chi connectivity index (χ4v) is 2.91. The smallest absolute Gasteiger partial charge is 0.146 e. The highest BCUT2D eigenvalue weighted by molar-refractivity contribution is 6.42. The van der Waals surface area contributed by atoms with Crippen LogP contribution >= 0.6 is 23.2 Å². The van der Waals surface area contributed by atoms with Crippen LogP contribution in [0.2, 0.25) is 10.0 Å². The van der Waals surface area contributed by atoms with E-state index in [4.69, 9.17) is 23.2 Å². The van der Waals surface area contributed by atoms with E-state index in [0.29, 0.717) is 16.6 Å². The number of hydrogen-bond donors (Lipinski definition) is 0. The fraction of sp³-hybridized carbons (Fsp3) is 0.500. The van der Waals surface area contributed by atoms with Crippen molar-refractivity contribution in [2.24, 2.45) is 0 Å². The summed E-state index contributed by atoms with van der Waals surface area (Å²) >= 11 is 12.2. The van der Waals surface area contributed by atoms with Gasteiger partial charge in [-0.3, -0.25) is 9.69 Å². The van der Waals surface area contributed by atoms with Gasteiger partial charge < -0.3 is 0 Å². The molecular weight excluding hydrogens is 269 g/mol. The Bertz CT molecular complexity index is 447. The molecule has 1 saturated heterocycles. The van der Waals surface area contributed by atoms with Gasteiger partial charge in [0.05, 0.1) is 16.1 Å². The highest BCUT2D eigenvalue weighted by atomic mass is 35.5. The number of rotatable bonds is 3. The molecule has 1 aliphatic heterocycles. The predicted molar refractivity (Wildman–Crippen MR) is 75.2 cm³/mol. The van der Waals surface area contributed by atoms with Gasteiger partial charge in [-0.2, -0.15) is 0 Å². The van der Waals surface area contributed by atoms with Crippen LogP contribution in [0.3, 0.4) is 0 Å². The molecule has 0 radical (unpaired) electrons. The molecule has 1 aliphatic rings. The van der Waals surface area contributed by atoms with Crippen molar-refractivity contribution >= 4 is 29.0 Å². The largest absolute Gasteiger partial charge is 0.298 e. The third kappa shape index (κ3) is 3.05. The maximum atomic E-state index is 11.7. The number of piperidine rings is 1. The summed E-state index contributed by atoms with van der Waals surface area (Å²) in [6, 6.07) is 5.69. The van der Waals surface area contributed by atoms with Gasteiger partial charge in [0.2, 0.25) is 0 Å². The highest BCUT2D eigenvalue weighted by Crippen LogP contribution is 2.28. The highest BCUT2D eigenvalue weighted by Gasteiger charge is 2.26. The SMILES string of the molecule is CC(=O)C1CCCCN1Cc1cccc(Cl)c1Cl. The van der Waals surface area contributed by atoms with Crippen LogP contribution in [0.25, 0.3) is 0 Å². The van der Waals surface area contributed by atoms with Crippen LogP contribution in [-0.2, 0) is 11.3 Å². The van der Waals surface area contributed by atoms with Crippen molar-refractivity contribution in [1.82, 2.24) is 4.90 Å². The summed E-state index contributed by atoms with van der Waals surface area (Å²) in [6.07, 6.45) is 3.22. The van der Waals surface area contributed by atoms with Crippen molar-refractivity contribution in [1.29, 1.82) is 0 Å². The van der Waals surface area contributed by atoms with Crippen LogP contribution in [-0.4, -0.2) is 23.3 Å². The first-order chi connectivity index (χ1) is 8.59. The lowest BCUT2D eigenvalue weighted by molar-refractivity contribution is -0.123. The first-order valence-electron chi connectivity index (χ1n) is 6.27. The van der Waals surface area contributed by atoms with Gasteiger partial charge in [0.1, 0.15) is 5.78 Å². The van der Waals surface area contributed by atoms with E-state index in [1.807, 2.05) is 12.1 Å². The molecule has 0 saturated carbocycles. The summed E-state index contributed by atoms with van der Waals surface area (Å²) in [5.74, 6) is 0.243. The van der Waals surface area contributed by atoms with E-state index in [2.05, 4.69) is 4.90 Å². The standard InChI is InChI=1S/C14H17Cl2NO/c1-10(18)13-7-2-3-8-17(13)9-11-5-4-6-12(15)14(11)16/h4-6,13H,2-3,7-9H2,1H3. The fourth-order valence-electron chi connectivity index (χ4n) is 2.53. The summed E-state index contributed by atoms with van der Waals surface area (Å²) < 4.78 is 0. The molecule has 4 heteroatoms. The first-order valence-corrected chi connectivity index (χ1v) is 7.02. The molecule has 2 rings (SSSR count). The zero-order valence-electron chi connectivity index (χ0n) is 10.5. The van der Waals surface area contributed by atoms with E-state index in [0.717, 1.165) is 31.4 Å². The third-order valence-corrected chi connectivity index (χ3v) is 4.35. The minimum absolute atomic E-state index is 0.0359. The quantitative estimate of drug-likeness (QED) is 0.839. The van der Waals surface area contributed by atoms with Crippen LogP contribution in [0, 0.1) is 0 Å². The maximum absolute atomic E-state index is 11.7. The van der Waals surface area contributed by atoms with Gasteiger partial charge in [0, 0.05) is 6.54 Å². The molecule has 0 aromatic heterocycles. The topological polar surface area (TPSA) is 20.3 Å². The van der Waals surface area contributed by atoms with E-state index < -0.39 is 0 Å². The summed E-state index contributed by atoms with van der Waals surface area (Å²) in [5, 5.41) is 1.18. The zero-order valence-corrected chi connectivity index (χ0v) is 12.0. The van der Waals surface area contributed by atoms with E-state index >= 15 is 0 Å². The minimum Gasteiger partial charge on any atom is -0.298 e. The molecule has 0 N–H and O–H groups in total. The van der Waals surface area contributed by atoms with E-state index in [9.17, 15) is 4.79 Å². The van der Waals surface area contributed by atoms with Gasteiger partial charge in [-0.15, -0.1) is 0 Å². The summed E-state index contributed by atoms with van der Waals surface area (Å²) in [6.45, 7) is 3.32. The average Bonchev–Trinajstić information content (AvgIpc) is 2.35. The van der Waals surface area contributed by atoms with Crippen LogP contribution in [0.15, 0.2) is 18.2 Å². The zero-order chi connectivity index (χ0) is 13.1. The second-order valence-electron chi connectivity index (χ2n) is 4.81. The van der Waals surface area contributed by atoms with Crippen LogP contribution < -0.4 is 0 Å². The van der Waals surface area contributed by atoms with Gasteiger partial charge in [0.25, 0.3) is 0 Å². The molecule has 1 atom stereocenters. The van der Waals surface area contributed by atoms with Gasteiger partial charge in [0.15, 0.2) is 0 Å². The van der Waals surface area contributed by atoms with Crippen molar-refractivity contribution in [2.75, 3.05) is 6.54 Å². The normalized spacial score (nSPS) is 20.9. The van der Waals surface area contributed by atoms with Gasteiger partial charge in [-0.05, 0) is 37.9 Å². The number of benzene rings is 1. The molecular formula is C14H17Cl2NO. The molecule has 1 fully saturated rings. The number of carbonyl (C=O) groups is 1. The van der Waals surface area contributed by atoms with Crippen molar-refractivity contribution in [3.8, 4) is 0 Å². The molecule has 1 aromatic rings. The Hall–Kier alpha value is -0.570. The van der Waals surface area contributed by atoms with Crippen molar-refractivity contribution in [3.05, 3.63) is 33.8 Å². The number of ketones is 1. The first kappa shape index (κ1) is 13.9. The van der Waals surface area contributed by atoms with Crippen molar-refractivity contribution in [2.45, 2.75) is 38.8 Å². The lowest BCUT2D eigenvalue weighted by Gasteiger charge is -2.34. The van der Waals surface area contributed by atoms with Gasteiger partial charge >= 0.3 is 0 Å². The van der Waals surface area contributed by atoms with Crippen molar-refractivity contribution < 1.29 is 4.79 Å². The van der Waals surface area contributed by atoms with E-state index in [1.165, 1.54) is 0 Å². The molecule has 0 amide bonds. The third-order valence-electron chi connectivity index (χ3n) is 3.49. The number of Topliss-reactive ketones (excluding diaryl/α,β-unsaturated/α-hetero) is 1. The Balaban J connectivity index is 2.16. The monoisotopic (exact) mass is 285 g/mol. The predicted octanol–water partition coefficient (Wildman–Crippen LogP) is 3.94. The Morgan fingerprint density at radius 1 is 1.39 bits per heavy atom.